The predicted octanol–water partition coefficient (Wildman–Crippen LogP) is 9.96. The molecular formula is C40H50O4. The molecule has 3 rings (SSSR count). The Hall–Kier alpha value is -3.92. The molecule has 0 aliphatic rings. The van der Waals surface area contributed by atoms with E-state index in [1.807, 2.05) is 0 Å². The van der Waals surface area contributed by atoms with Crippen LogP contribution >= 0.6 is 0 Å². The molecule has 0 atom stereocenters. The van der Waals surface area contributed by atoms with E-state index in [0.717, 1.165) is 33.4 Å². The van der Waals surface area contributed by atoms with Crippen LogP contribution in [0.4, 0.5) is 0 Å². The van der Waals surface area contributed by atoms with Gasteiger partial charge in [0.05, 0.1) is 0 Å². The molecule has 0 aromatic heterocycles. The minimum atomic E-state index is -0.367. The predicted molar refractivity (Wildman–Crippen MR) is 183 cm³/mol. The summed E-state index contributed by atoms with van der Waals surface area (Å²) in [5.74, 6) is -0.734. The number of hydrogen-bond donors (Lipinski definition) is 0. The smallest absolute Gasteiger partial charge is 0.333 e. The highest BCUT2D eigenvalue weighted by Crippen LogP contribution is 2.46. The molecule has 0 N–H and O–H groups in total. The molecule has 0 aliphatic carbocycles. The summed E-state index contributed by atoms with van der Waals surface area (Å²) in [6, 6.07) is 0. The molecule has 234 valence electrons. The quantitative estimate of drug-likeness (QED) is 0.192. The maximum absolute atomic E-state index is 12.2. The average molecular weight is 595 g/mol. The fraction of sp³-hybridized carbons (Fsp3) is 0.400. The van der Waals surface area contributed by atoms with Crippen LogP contribution < -0.4 is 0 Å². The van der Waals surface area contributed by atoms with Crippen molar-refractivity contribution in [3.8, 4) is 22.3 Å². The molecule has 0 amide bonds. The zero-order valence-corrected chi connectivity index (χ0v) is 29.5. The molecule has 3 aromatic rings. The second-order valence-corrected chi connectivity index (χ2v) is 12.7. The van der Waals surface area contributed by atoms with Crippen molar-refractivity contribution in [3.63, 3.8) is 0 Å². The fourth-order valence-corrected chi connectivity index (χ4v) is 6.55. The van der Waals surface area contributed by atoms with E-state index in [9.17, 15) is 9.59 Å². The summed E-state index contributed by atoms with van der Waals surface area (Å²) in [6.45, 7) is 37.4. The topological polar surface area (TPSA) is 52.6 Å². The van der Waals surface area contributed by atoms with Gasteiger partial charge in [0.2, 0.25) is 0 Å². The van der Waals surface area contributed by atoms with Crippen LogP contribution in [0.5, 0.6) is 0 Å². The van der Waals surface area contributed by atoms with Crippen molar-refractivity contribution in [2.24, 2.45) is 0 Å². The number of ether oxygens (including phenoxy) is 2. The van der Waals surface area contributed by atoms with Gasteiger partial charge in [0.1, 0.15) is 13.2 Å². The van der Waals surface area contributed by atoms with Crippen molar-refractivity contribution in [3.05, 3.63) is 102 Å². The van der Waals surface area contributed by atoms with E-state index in [2.05, 4.69) is 96.2 Å². The van der Waals surface area contributed by atoms with Crippen molar-refractivity contribution in [1.29, 1.82) is 0 Å². The normalized spacial score (nSPS) is 11.0. The molecule has 44 heavy (non-hydrogen) atoms. The molecule has 0 unspecified atom stereocenters. The zero-order valence-electron chi connectivity index (χ0n) is 29.5. The Morgan fingerprint density at radius 1 is 0.409 bits per heavy atom. The molecule has 4 heteroatoms. The van der Waals surface area contributed by atoms with Crippen LogP contribution in [0.25, 0.3) is 22.3 Å². The minimum Gasteiger partial charge on any atom is -0.457 e. The minimum absolute atomic E-state index is 0.236. The Labute approximate surface area is 265 Å². The van der Waals surface area contributed by atoms with Gasteiger partial charge >= 0.3 is 11.9 Å². The maximum Gasteiger partial charge on any atom is 0.333 e. The van der Waals surface area contributed by atoms with Crippen LogP contribution in [0.2, 0.25) is 0 Å². The van der Waals surface area contributed by atoms with Crippen LogP contribution in [0.3, 0.4) is 0 Å². The molecule has 0 saturated carbocycles. The Morgan fingerprint density at radius 2 is 0.591 bits per heavy atom. The van der Waals surface area contributed by atoms with Crippen LogP contribution in [0.1, 0.15) is 91.7 Å². The molecule has 0 spiro atoms. The van der Waals surface area contributed by atoms with Gasteiger partial charge in [0.25, 0.3) is 0 Å². The summed E-state index contributed by atoms with van der Waals surface area (Å²) in [5, 5.41) is 0. The maximum atomic E-state index is 12.2. The molecule has 0 aliphatic heterocycles. The summed E-state index contributed by atoms with van der Waals surface area (Å²) >= 11 is 0. The summed E-state index contributed by atoms with van der Waals surface area (Å²) in [4.78, 5) is 24.3. The van der Waals surface area contributed by atoms with Gasteiger partial charge in [-0.1, -0.05) is 13.2 Å². The van der Waals surface area contributed by atoms with E-state index in [4.69, 9.17) is 9.47 Å². The summed E-state index contributed by atoms with van der Waals surface area (Å²) in [7, 11) is 0. The second kappa shape index (κ2) is 13.0. The second-order valence-electron chi connectivity index (χ2n) is 12.7. The molecule has 0 radical (unpaired) electrons. The standard InChI is InChI=1S/C40H50O4/c1-19(2)39(41)43-17-33-21(5)25(9)35(26(10)22(33)6)37-29(13)31(15)38(32(16)30(37)14)36-27(11)23(7)34(24(8)28(36)12)18-44-40(42)20(3)4/h1,3,17-18H2,2,4-16H3. The lowest BCUT2D eigenvalue weighted by Gasteiger charge is -2.28. The van der Waals surface area contributed by atoms with Gasteiger partial charge in [-0.2, -0.15) is 0 Å². The number of benzene rings is 3. The van der Waals surface area contributed by atoms with E-state index in [-0.39, 0.29) is 25.2 Å². The number of esters is 2. The zero-order chi connectivity index (χ0) is 33.5. The highest BCUT2D eigenvalue weighted by molar-refractivity contribution is 5.89. The van der Waals surface area contributed by atoms with Gasteiger partial charge in [0, 0.05) is 11.1 Å². The third-order valence-electron chi connectivity index (χ3n) is 10.1. The van der Waals surface area contributed by atoms with Crippen molar-refractivity contribution in [2.45, 2.75) is 110 Å². The van der Waals surface area contributed by atoms with Gasteiger partial charge in [-0.3, -0.25) is 0 Å². The van der Waals surface area contributed by atoms with Crippen molar-refractivity contribution < 1.29 is 19.1 Å². The van der Waals surface area contributed by atoms with Crippen molar-refractivity contribution in [1.82, 2.24) is 0 Å². The lowest BCUT2D eigenvalue weighted by atomic mass is 9.76. The SMILES string of the molecule is C=C(C)C(=O)OCc1c(C)c(C)c(-c2c(C)c(C)c(-c3c(C)c(C)c(COC(=O)C(=C)C)c(C)c3C)c(C)c2C)c(C)c1C. The summed E-state index contributed by atoms with van der Waals surface area (Å²) in [5.41, 5.74) is 22.5. The third-order valence-corrected chi connectivity index (χ3v) is 10.1. The Kier molecular flexibility index (Phi) is 10.2. The van der Waals surface area contributed by atoms with E-state index in [1.54, 1.807) is 13.8 Å². The first-order chi connectivity index (χ1) is 20.4. The molecule has 0 bridgehead atoms. The van der Waals surface area contributed by atoms with E-state index in [1.165, 1.54) is 66.8 Å². The highest BCUT2D eigenvalue weighted by atomic mass is 16.5. The van der Waals surface area contributed by atoms with E-state index >= 15 is 0 Å². The first-order valence-corrected chi connectivity index (χ1v) is 15.3. The number of rotatable bonds is 8. The van der Waals surface area contributed by atoms with Crippen molar-refractivity contribution >= 4 is 11.9 Å². The van der Waals surface area contributed by atoms with E-state index in [0.29, 0.717) is 11.1 Å². The fourth-order valence-electron chi connectivity index (χ4n) is 6.55. The Balaban J connectivity index is 2.26. The first-order valence-electron chi connectivity index (χ1n) is 15.3. The van der Waals surface area contributed by atoms with Crippen LogP contribution in [0, 0.1) is 83.1 Å². The highest BCUT2D eigenvalue weighted by Gasteiger charge is 2.26. The van der Waals surface area contributed by atoms with Gasteiger partial charge in [-0.05, 0) is 197 Å². The van der Waals surface area contributed by atoms with Crippen LogP contribution in [-0.4, -0.2) is 11.9 Å². The molecule has 0 fully saturated rings. The van der Waals surface area contributed by atoms with Crippen LogP contribution in [-0.2, 0) is 32.3 Å². The third kappa shape index (κ3) is 5.92. The molecular weight excluding hydrogens is 544 g/mol. The Morgan fingerprint density at radius 3 is 0.773 bits per heavy atom. The number of carbonyl (C=O) groups is 2. The van der Waals surface area contributed by atoms with Gasteiger partial charge in [-0.15, -0.1) is 0 Å². The van der Waals surface area contributed by atoms with Gasteiger partial charge in [-0.25, -0.2) is 9.59 Å². The lowest BCUT2D eigenvalue weighted by Crippen LogP contribution is -2.11. The largest absolute Gasteiger partial charge is 0.457 e. The van der Waals surface area contributed by atoms with E-state index < -0.39 is 0 Å². The average Bonchev–Trinajstić information content (AvgIpc) is 2.96. The molecule has 0 heterocycles. The van der Waals surface area contributed by atoms with Gasteiger partial charge < -0.3 is 9.47 Å². The number of carbonyl (C=O) groups excluding carboxylic acids is 2. The molecule has 3 aromatic carbocycles. The molecule has 0 saturated heterocycles. The number of hydrogen-bond acceptors (Lipinski definition) is 4. The van der Waals surface area contributed by atoms with Gasteiger partial charge in [0.15, 0.2) is 0 Å². The Bertz CT molecular complexity index is 1530. The first kappa shape index (κ1) is 34.6. The monoisotopic (exact) mass is 594 g/mol. The van der Waals surface area contributed by atoms with Crippen LogP contribution in [0.15, 0.2) is 24.3 Å². The summed E-state index contributed by atoms with van der Waals surface area (Å²) in [6.07, 6.45) is 0. The summed E-state index contributed by atoms with van der Waals surface area (Å²) < 4.78 is 11.2. The molecule has 4 nitrogen and oxygen atoms in total. The lowest BCUT2D eigenvalue weighted by molar-refractivity contribution is -0.141. The van der Waals surface area contributed by atoms with Crippen molar-refractivity contribution in [2.75, 3.05) is 0 Å².